The van der Waals surface area contributed by atoms with Crippen LogP contribution in [0.15, 0.2) is 0 Å². The molecule has 0 radical (unpaired) electrons. The number of hydrogen-bond acceptors (Lipinski definition) is 3. The van der Waals surface area contributed by atoms with Crippen LogP contribution in [-0.4, -0.2) is 39.7 Å². The van der Waals surface area contributed by atoms with Gasteiger partial charge in [-0.3, -0.25) is 4.90 Å². The summed E-state index contributed by atoms with van der Waals surface area (Å²) in [4.78, 5) is 2.99. The van der Waals surface area contributed by atoms with E-state index in [1.165, 1.54) is 12.8 Å². The average Bonchev–Trinajstić information content (AvgIpc) is 2.85. The van der Waals surface area contributed by atoms with E-state index in [4.69, 9.17) is 18.0 Å². The maximum Gasteiger partial charge on any atom is 0.0740 e. The summed E-state index contributed by atoms with van der Waals surface area (Å²) in [5.41, 5.74) is 4.93. The third-order valence-corrected chi connectivity index (χ3v) is 2.92. The van der Waals surface area contributed by atoms with Gasteiger partial charge in [-0.05, 0) is 33.1 Å². The zero-order chi connectivity index (χ0) is 11.5. The van der Waals surface area contributed by atoms with Gasteiger partial charge in [0.15, 0.2) is 0 Å². The molecule has 1 rings (SSSR count). The zero-order valence-electron chi connectivity index (χ0n) is 9.70. The van der Waals surface area contributed by atoms with Gasteiger partial charge in [0.1, 0.15) is 0 Å². The minimum atomic E-state index is -0.573. The van der Waals surface area contributed by atoms with Crippen molar-refractivity contribution >= 4 is 17.2 Å². The first kappa shape index (κ1) is 12.9. The van der Waals surface area contributed by atoms with Gasteiger partial charge in [0.2, 0.25) is 0 Å². The van der Waals surface area contributed by atoms with Crippen molar-refractivity contribution in [2.75, 3.05) is 13.1 Å². The Balaban J connectivity index is 2.27. The van der Waals surface area contributed by atoms with Gasteiger partial charge in [-0.2, -0.15) is 0 Å². The molecule has 0 saturated heterocycles. The molecule has 15 heavy (non-hydrogen) atoms. The molecular formula is C11H22N2OS. The molecule has 0 heterocycles. The number of rotatable bonds is 7. The van der Waals surface area contributed by atoms with Crippen LogP contribution in [0, 0.1) is 0 Å². The number of thiocarbonyl (C=S) groups is 1. The van der Waals surface area contributed by atoms with Crippen LogP contribution in [-0.2, 0) is 0 Å². The highest BCUT2D eigenvalue weighted by Gasteiger charge is 2.29. The van der Waals surface area contributed by atoms with Gasteiger partial charge >= 0.3 is 0 Å². The summed E-state index contributed by atoms with van der Waals surface area (Å²) in [5, 5.41) is 9.67. The van der Waals surface area contributed by atoms with Gasteiger partial charge in [0.05, 0.1) is 10.6 Å². The molecule has 1 aliphatic carbocycles. The van der Waals surface area contributed by atoms with E-state index in [9.17, 15) is 5.11 Å². The third kappa shape index (κ3) is 6.07. The quantitative estimate of drug-likeness (QED) is 0.647. The zero-order valence-corrected chi connectivity index (χ0v) is 10.5. The minimum Gasteiger partial charge on any atom is -0.393 e. The standard InChI is InChI=1S/C11H22N2OS/c1-11(2,14)6-8-13(9-3-4-9)7-5-10(12)15/h9,14H,3-8H2,1-2H3,(H2,12,15). The van der Waals surface area contributed by atoms with Crippen molar-refractivity contribution in [3.05, 3.63) is 0 Å². The van der Waals surface area contributed by atoms with Crippen LogP contribution in [0.5, 0.6) is 0 Å². The monoisotopic (exact) mass is 230 g/mol. The second-order valence-corrected chi connectivity index (χ2v) is 5.57. The first-order valence-electron chi connectivity index (χ1n) is 5.63. The van der Waals surface area contributed by atoms with E-state index >= 15 is 0 Å². The Bertz CT molecular complexity index is 221. The van der Waals surface area contributed by atoms with Gasteiger partial charge in [0, 0.05) is 25.6 Å². The predicted octanol–water partition coefficient (Wildman–Crippen LogP) is 1.29. The maximum atomic E-state index is 9.67. The SMILES string of the molecule is CC(C)(O)CCN(CCC(N)=S)C1CC1. The largest absolute Gasteiger partial charge is 0.393 e. The molecule has 3 nitrogen and oxygen atoms in total. The Kier molecular flexibility index (Phi) is 4.49. The molecule has 0 spiro atoms. The van der Waals surface area contributed by atoms with E-state index in [0.717, 1.165) is 25.9 Å². The van der Waals surface area contributed by atoms with Gasteiger partial charge in [0.25, 0.3) is 0 Å². The second-order valence-electron chi connectivity index (χ2n) is 5.05. The van der Waals surface area contributed by atoms with E-state index in [1.807, 2.05) is 13.8 Å². The van der Waals surface area contributed by atoms with Crippen LogP contribution >= 0.6 is 12.2 Å². The van der Waals surface area contributed by atoms with Crippen molar-refractivity contribution in [1.82, 2.24) is 4.90 Å². The minimum absolute atomic E-state index is 0.573. The van der Waals surface area contributed by atoms with Gasteiger partial charge in [-0.15, -0.1) is 0 Å². The van der Waals surface area contributed by atoms with E-state index in [2.05, 4.69) is 4.90 Å². The summed E-state index contributed by atoms with van der Waals surface area (Å²) in [6, 6.07) is 0.710. The Morgan fingerprint density at radius 2 is 2.07 bits per heavy atom. The van der Waals surface area contributed by atoms with Crippen molar-refractivity contribution < 1.29 is 5.11 Å². The third-order valence-electron chi connectivity index (χ3n) is 2.72. The summed E-state index contributed by atoms with van der Waals surface area (Å²) in [6.45, 7) is 5.59. The lowest BCUT2D eigenvalue weighted by Crippen LogP contribution is -2.34. The fourth-order valence-corrected chi connectivity index (χ4v) is 1.68. The Morgan fingerprint density at radius 1 is 1.47 bits per heavy atom. The highest BCUT2D eigenvalue weighted by Crippen LogP contribution is 2.27. The van der Waals surface area contributed by atoms with Crippen LogP contribution in [0.25, 0.3) is 0 Å². The van der Waals surface area contributed by atoms with Crippen LogP contribution < -0.4 is 5.73 Å². The molecular weight excluding hydrogens is 208 g/mol. The van der Waals surface area contributed by atoms with E-state index in [1.54, 1.807) is 0 Å². The molecule has 0 bridgehead atoms. The highest BCUT2D eigenvalue weighted by atomic mass is 32.1. The fraction of sp³-hybridized carbons (Fsp3) is 0.909. The molecule has 1 aliphatic rings. The summed E-state index contributed by atoms with van der Waals surface area (Å²) in [7, 11) is 0. The second kappa shape index (κ2) is 5.23. The van der Waals surface area contributed by atoms with Crippen LogP contribution in [0.1, 0.15) is 39.5 Å². The molecule has 0 aliphatic heterocycles. The van der Waals surface area contributed by atoms with Gasteiger partial charge in [-0.1, -0.05) is 12.2 Å². The highest BCUT2D eigenvalue weighted by molar-refractivity contribution is 7.80. The normalized spacial score (nSPS) is 17.1. The molecule has 0 aromatic heterocycles. The van der Waals surface area contributed by atoms with E-state index < -0.39 is 5.60 Å². The van der Waals surface area contributed by atoms with Crippen molar-refractivity contribution in [2.24, 2.45) is 5.73 Å². The first-order valence-corrected chi connectivity index (χ1v) is 6.04. The van der Waals surface area contributed by atoms with Crippen LogP contribution in [0.4, 0.5) is 0 Å². The molecule has 4 heteroatoms. The molecule has 0 amide bonds. The van der Waals surface area contributed by atoms with Gasteiger partial charge < -0.3 is 10.8 Å². The Hall–Kier alpha value is -0.190. The molecule has 0 aromatic rings. The lowest BCUT2D eigenvalue weighted by molar-refractivity contribution is 0.0569. The molecule has 0 unspecified atom stereocenters. The molecule has 1 saturated carbocycles. The molecule has 0 aromatic carbocycles. The topological polar surface area (TPSA) is 49.5 Å². The molecule has 0 atom stereocenters. The first-order chi connectivity index (χ1) is 6.88. The molecule has 88 valence electrons. The Labute approximate surface area is 97.6 Å². The number of nitrogens with two attached hydrogens (primary N) is 1. The number of nitrogens with zero attached hydrogens (tertiary/aromatic N) is 1. The van der Waals surface area contributed by atoms with Crippen LogP contribution in [0.3, 0.4) is 0 Å². The molecule has 1 fully saturated rings. The van der Waals surface area contributed by atoms with Crippen molar-refractivity contribution in [1.29, 1.82) is 0 Å². The Morgan fingerprint density at radius 3 is 2.47 bits per heavy atom. The lowest BCUT2D eigenvalue weighted by Gasteiger charge is -2.25. The molecule has 3 N–H and O–H groups in total. The lowest BCUT2D eigenvalue weighted by atomic mass is 10.1. The summed E-state index contributed by atoms with van der Waals surface area (Å²) >= 11 is 4.88. The summed E-state index contributed by atoms with van der Waals surface area (Å²) in [6.07, 6.45) is 4.16. The number of aliphatic hydroxyl groups is 1. The maximum absolute atomic E-state index is 9.67. The van der Waals surface area contributed by atoms with Gasteiger partial charge in [-0.25, -0.2) is 0 Å². The van der Waals surface area contributed by atoms with Crippen molar-refractivity contribution in [2.45, 2.75) is 51.2 Å². The summed E-state index contributed by atoms with van der Waals surface area (Å²) < 4.78 is 0. The fourth-order valence-electron chi connectivity index (χ4n) is 1.59. The van der Waals surface area contributed by atoms with Crippen LogP contribution in [0.2, 0.25) is 0 Å². The number of hydrogen-bond donors (Lipinski definition) is 2. The predicted molar refractivity (Wildman–Crippen MR) is 66.9 cm³/mol. The van der Waals surface area contributed by atoms with Crippen molar-refractivity contribution in [3.8, 4) is 0 Å². The van der Waals surface area contributed by atoms with E-state index in [-0.39, 0.29) is 0 Å². The summed E-state index contributed by atoms with van der Waals surface area (Å²) in [5.74, 6) is 0. The average molecular weight is 230 g/mol. The van der Waals surface area contributed by atoms with Crippen molar-refractivity contribution in [3.63, 3.8) is 0 Å². The smallest absolute Gasteiger partial charge is 0.0740 e. The van der Waals surface area contributed by atoms with E-state index in [0.29, 0.717) is 11.0 Å².